The second kappa shape index (κ2) is 8.38. The molecule has 0 radical (unpaired) electrons. The van der Waals surface area contributed by atoms with E-state index >= 15 is 0 Å². The predicted octanol–water partition coefficient (Wildman–Crippen LogP) is 4.14. The Hall–Kier alpha value is -2.29. The molecule has 2 aromatic carbocycles. The van der Waals surface area contributed by atoms with E-state index in [-0.39, 0.29) is 10.8 Å². The summed E-state index contributed by atoms with van der Waals surface area (Å²) < 4.78 is 27.5. The highest BCUT2D eigenvalue weighted by atomic mass is 32.2. The predicted molar refractivity (Wildman–Crippen MR) is 114 cm³/mol. The molecule has 148 valence electrons. The molecule has 0 aliphatic rings. The second-order valence-electron chi connectivity index (χ2n) is 6.20. The SMILES string of the molecule is CCc1cccc2sc(NC(=O)c3ccc(S(=O)(=O)N(CC)CC)cc3)nc12. The van der Waals surface area contributed by atoms with E-state index in [1.54, 1.807) is 13.8 Å². The molecule has 3 rings (SSSR count). The topological polar surface area (TPSA) is 79.4 Å². The number of nitrogens with zero attached hydrogens (tertiary/aromatic N) is 2. The minimum Gasteiger partial charge on any atom is -0.298 e. The largest absolute Gasteiger partial charge is 0.298 e. The van der Waals surface area contributed by atoms with Crippen molar-refractivity contribution < 1.29 is 13.2 Å². The number of benzene rings is 2. The van der Waals surface area contributed by atoms with Crippen molar-refractivity contribution in [2.75, 3.05) is 18.4 Å². The first-order valence-electron chi connectivity index (χ1n) is 9.20. The number of aryl methyl sites for hydroxylation is 1. The standard InChI is InChI=1S/C20H23N3O3S2/c1-4-14-8-7-9-17-18(14)21-20(27-17)22-19(24)15-10-12-16(13-11-15)28(25,26)23(5-2)6-3/h7-13H,4-6H2,1-3H3,(H,21,22,24). The molecule has 0 aliphatic heterocycles. The van der Waals surface area contributed by atoms with Gasteiger partial charge in [0.2, 0.25) is 10.0 Å². The summed E-state index contributed by atoms with van der Waals surface area (Å²) in [6.07, 6.45) is 0.872. The molecule has 1 amide bonds. The van der Waals surface area contributed by atoms with Gasteiger partial charge in [0.15, 0.2) is 5.13 Å². The minimum atomic E-state index is -3.54. The first kappa shape index (κ1) is 20.4. The van der Waals surface area contributed by atoms with E-state index in [1.165, 1.54) is 39.9 Å². The monoisotopic (exact) mass is 417 g/mol. The van der Waals surface area contributed by atoms with Crippen molar-refractivity contribution in [3.63, 3.8) is 0 Å². The lowest BCUT2D eigenvalue weighted by atomic mass is 10.1. The average Bonchev–Trinajstić information content (AvgIpc) is 3.11. The molecule has 0 atom stereocenters. The van der Waals surface area contributed by atoms with Crippen LogP contribution in [0.4, 0.5) is 5.13 Å². The zero-order chi connectivity index (χ0) is 20.3. The number of rotatable bonds is 7. The van der Waals surface area contributed by atoms with Crippen molar-refractivity contribution >= 4 is 42.6 Å². The number of thiazole rings is 1. The summed E-state index contributed by atoms with van der Waals surface area (Å²) in [6.45, 7) is 6.46. The van der Waals surface area contributed by atoms with Crippen LogP contribution >= 0.6 is 11.3 Å². The number of anilines is 1. The van der Waals surface area contributed by atoms with Gasteiger partial charge in [-0.3, -0.25) is 10.1 Å². The van der Waals surface area contributed by atoms with Crippen LogP contribution in [0.3, 0.4) is 0 Å². The van der Waals surface area contributed by atoms with E-state index in [0.29, 0.717) is 23.8 Å². The fourth-order valence-electron chi connectivity index (χ4n) is 3.00. The number of aromatic nitrogens is 1. The maximum absolute atomic E-state index is 12.5. The summed E-state index contributed by atoms with van der Waals surface area (Å²) in [5, 5.41) is 3.34. The zero-order valence-corrected chi connectivity index (χ0v) is 17.7. The third-order valence-electron chi connectivity index (χ3n) is 4.56. The summed E-state index contributed by atoms with van der Waals surface area (Å²) in [5.74, 6) is -0.316. The molecule has 0 saturated heterocycles. The number of hydrogen-bond donors (Lipinski definition) is 1. The van der Waals surface area contributed by atoms with Crippen LogP contribution in [0.5, 0.6) is 0 Å². The van der Waals surface area contributed by atoms with Crippen LogP contribution in [0.15, 0.2) is 47.4 Å². The van der Waals surface area contributed by atoms with Gasteiger partial charge in [0, 0.05) is 18.7 Å². The highest BCUT2D eigenvalue weighted by Crippen LogP contribution is 2.29. The summed E-state index contributed by atoms with van der Waals surface area (Å²) in [6, 6.07) is 12.0. The third-order valence-corrected chi connectivity index (χ3v) is 7.56. The number of hydrogen-bond acceptors (Lipinski definition) is 5. The molecule has 8 heteroatoms. The first-order chi connectivity index (χ1) is 13.4. The van der Waals surface area contributed by atoms with Crippen LogP contribution in [-0.4, -0.2) is 36.7 Å². The van der Waals surface area contributed by atoms with E-state index < -0.39 is 10.0 Å². The van der Waals surface area contributed by atoms with Crippen LogP contribution < -0.4 is 5.32 Å². The van der Waals surface area contributed by atoms with Gasteiger partial charge < -0.3 is 0 Å². The summed E-state index contributed by atoms with van der Waals surface area (Å²) in [7, 11) is -3.54. The van der Waals surface area contributed by atoms with Crippen LogP contribution in [-0.2, 0) is 16.4 Å². The van der Waals surface area contributed by atoms with E-state index in [2.05, 4.69) is 17.2 Å². The Labute approximate surface area is 169 Å². The fraction of sp³-hybridized carbons (Fsp3) is 0.300. The highest BCUT2D eigenvalue weighted by Gasteiger charge is 2.21. The van der Waals surface area contributed by atoms with Gasteiger partial charge in [-0.25, -0.2) is 13.4 Å². The van der Waals surface area contributed by atoms with E-state index in [4.69, 9.17) is 0 Å². The third kappa shape index (κ3) is 3.94. The van der Waals surface area contributed by atoms with E-state index in [0.717, 1.165) is 22.2 Å². The molecule has 0 saturated carbocycles. The number of fused-ring (bicyclic) bond motifs is 1. The van der Waals surface area contributed by atoms with Gasteiger partial charge in [0.05, 0.1) is 15.1 Å². The minimum absolute atomic E-state index is 0.181. The van der Waals surface area contributed by atoms with Crippen LogP contribution in [0, 0.1) is 0 Å². The maximum atomic E-state index is 12.5. The van der Waals surface area contributed by atoms with Gasteiger partial charge >= 0.3 is 0 Å². The molecule has 3 aromatic rings. The molecule has 1 aromatic heterocycles. The van der Waals surface area contributed by atoms with Crippen molar-refractivity contribution in [3.8, 4) is 0 Å². The van der Waals surface area contributed by atoms with Gasteiger partial charge in [-0.1, -0.05) is 44.2 Å². The molecular formula is C20H23N3O3S2. The molecule has 0 spiro atoms. The van der Waals surface area contributed by atoms with Crippen LogP contribution in [0.1, 0.15) is 36.7 Å². The quantitative estimate of drug-likeness (QED) is 0.626. The Morgan fingerprint density at radius 3 is 2.36 bits per heavy atom. The Balaban J connectivity index is 1.80. The number of amides is 1. The number of para-hydroxylation sites is 1. The first-order valence-corrected chi connectivity index (χ1v) is 11.5. The van der Waals surface area contributed by atoms with Crippen molar-refractivity contribution in [1.82, 2.24) is 9.29 Å². The fourth-order valence-corrected chi connectivity index (χ4v) is 5.37. The zero-order valence-electron chi connectivity index (χ0n) is 16.1. The molecule has 28 heavy (non-hydrogen) atoms. The van der Waals surface area contributed by atoms with Gasteiger partial charge in [-0.2, -0.15) is 4.31 Å². The van der Waals surface area contributed by atoms with Gasteiger partial charge in [-0.05, 0) is 42.3 Å². The van der Waals surface area contributed by atoms with Crippen molar-refractivity contribution in [2.24, 2.45) is 0 Å². The van der Waals surface area contributed by atoms with Gasteiger partial charge in [0.25, 0.3) is 5.91 Å². The number of nitrogens with one attached hydrogen (secondary N) is 1. The number of carbonyl (C=O) groups excluding carboxylic acids is 1. The van der Waals surface area contributed by atoms with Crippen LogP contribution in [0.2, 0.25) is 0 Å². The van der Waals surface area contributed by atoms with Crippen molar-refractivity contribution in [2.45, 2.75) is 32.1 Å². The summed E-state index contributed by atoms with van der Waals surface area (Å²) in [4.78, 5) is 17.3. The molecule has 6 nitrogen and oxygen atoms in total. The van der Waals surface area contributed by atoms with E-state index in [1.807, 2.05) is 18.2 Å². The number of sulfonamides is 1. The summed E-state index contributed by atoms with van der Waals surface area (Å²) in [5.41, 5.74) is 2.43. The van der Waals surface area contributed by atoms with Crippen molar-refractivity contribution in [3.05, 3.63) is 53.6 Å². The molecule has 0 unspecified atom stereocenters. The maximum Gasteiger partial charge on any atom is 0.257 e. The lowest BCUT2D eigenvalue weighted by Crippen LogP contribution is -2.30. The highest BCUT2D eigenvalue weighted by molar-refractivity contribution is 7.89. The normalized spacial score (nSPS) is 11.9. The lowest BCUT2D eigenvalue weighted by molar-refractivity contribution is 0.102. The average molecular weight is 418 g/mol. The van der Waals surface area contributed by atoms with E-state index in [9.17, 15) is 13.2 Å². The van der Waals surface area contributed by atoms with Crippen LogP contribution in [0.25, 0.3) is 10.2 Å². The molecule has 1 N–H and O–H groups in total. The Morgan fingerprint density at radius 1 is 1.07 bits per heavy atom. The Bertz CT molecular complexity index is 1090. The molecule has 0 bridgehead atoms. The Kier molecular flexibility index (Phi) is 6.12. The number of carbonyl (C=O) groups is 1. The molecular weight excluding hydrogens is 394 g/mol. The lowest BCUT2D eigenvalue weighted by Gasteiger charge is -2.18. The van der Waals surface area contributed by atoms with Gasteiger partial charge in [0.1, 0.15) is 0 Å². The smallest absolute Gasteiger partial charge is 0.257 e. The molecule has 0 aliphatic carbocycles. The molecule has 0 fully saturated rings. The van der Waals surface area contributed by atoms with Crippen molar-refractivity contribution in [1.29, 1.82) is 0 Å². The molecule has 1 heterocycles. The second-order valence-corrected chi connectivity index (χ2v) is 9.17. The van der Waals surface area contributed by atoms with Gasteiger partial charge in [-0.15, -0.1) is 0 Å². The Morgan fingerprint density at radius 2 is 1.75 bits per heavy atom. The summed E-state index contributed by atoms with van der Waals surface area (Å²) >= 11 is 1.42.